The van der Waals surface area contributed by atoms with Crippen LogP contribution in [-0.2, 0) is 11.3 Å². The number of benzene rings is 1. The Hall–Kier alpha value is -1.52. The third-order valence-corrected chi connectivity index (χ3v) is 2.93. The Kier molecular flexibility index (Phi) is 3.32. The second-order valence-electron chi connectivity index (χ2n) is 4.65. The molecule has 1 aliphatic carbocycles. The van der Waals surface area contributed by atoms with E-state index in [1.165, 1.54) is 0 Å². The fraction of sp³-hybridized carbons (Fsp3) is 0.462. The zero-order valence-corrected chi connectivity index (χ0v) is 10.00. The van der Waals surface area contributed by atoms with Gasteiger partial charge < -0.3 is 4.90 Å². The Bertz CT molecular complexity index is 452. The van der Waals surface area contributed by atoms with Gasteiger partial charge in [-0.2, -0.15) is 13.2 Å². The van der Waals surface area contributed by atoms with Crippen molar-refractivity contribution in [2.45, 2.75) is 38.5 Å². The minimum absolute atomic E-state index is 0.0324. The molecule has 1 aromatic carbocycles. The summed E-state index contributed by atoms with van der Waals surface area (Å²) in [6.07, 6.45) is -3.46. The molecule has 1 aromatic rings. The van der Waals surface area contributed by atoms with Gasteiger partial charge in [-0.25, -0.2) is 0 Å². The van der Waals surface area contributed by atoms with Crippen molar-refractivity contribution in [1.29, 1.82) is 0 Å². The first kappa shape index (κ1) is 12.9. The number of carbonyl (C=O) groups excluding carboxylic acids is 1. The highest BCUT2D eigenvalue weighted by atomic mass is 19.4. The molecule has 0 saturated heterocycles. The number of alkyl halides is 3. The fourth-order valence-electron chi connectivity index (χ4n) is 1.92. The second kappa shape index (κ2) is 4.63. The van der Waals surface area contributed by atoms with Gasteiger partial charge in [0.25, 0.3) is 0 Å². The van der Waals surface area contributed by atoms with E-state index in [4.69, 9.17) is 0 Å². The number of rotatable bonds is 3. The van der Waals surface area contributed by atoms with Crippen LogP contribution >= 0.6 is 0 Å². The lowest BCUT2D eigenvalue weighted by atomic mass is 10.1. The molecule has 98 valence electrons. The highest BCUT2D eigenvalue weighted by Crippen LogP contribution is 2.32. The number of amides is 1. The van der Waals surface area contributed by atoms with E-state index in [1.54, 1.807) is 18.2 Å². The largest absolute Gasteiger partial charge is 0.471 e. The van der Waals surface area contributed by atoms with Gasteiger partial charge in [-0.05, 0) is 25.3 Å². The predicted molar refractivity (Wildman–Crippen MR) is 60.8 cm³/mol. The molecule has 2 nitrogen and oxygen atoms in total. The minimum atomic E-state index is -4.79. The smallest absolute Gasteiger partial charge is 0.328 e. The van der Waals surface area contributed by atoms with E-state index in [-0.39, 0.29) is 12.6 Å². The molecule has 18 heavy (non-hydrogen) atoms. The molecule has 0 spiro atoms. The van der Waals surface area contributed by atoms with Crippen LogP contribution in [-0.4, -0.2) is 23.0 Å². The summed E-state index contributed by atoms with van der Waals surface area (Å²) in [5.41, 5.74) is 1.71. The predicted octanol–water partition coefficient (Wildman–Crippen LogP) is 3.05. The van der Waals surface area contributed by atoms with E-state index >= 15 is 0 Å². The summed E-state index contributed by atoms with van der Waals surface area (Å²) < 4.78 is 37.4. The van der Waals surface area contributed by atoms with Crippen LogP contribution in [0, 0.1) is 6.92 Å². The standard InChI is InChI=1S/C13H14F3NO/c1-9-3-2-4-10(7-9)8-17(11-5-6-11)12(18)13(14,15)16/h2-4,7,11H,5-6,8H2,1H3. The van der Waals surface area contributed by atoms with Crippen LogP contribution in [0.1, 0.15) is 24.0 Å². The van der Waals surface area contributed by atoms with Crippen molar-refractivity contribution in [3.63, 3.8) is 0 Å². The maximum absolute atomic E-state index is 12.5. The first-order valence-electron chi connectivity index (χ1n) is 5.81. The molecule has 1 amide bonds. The Balaban J connectivity index is 2.14. The quantitative estimate of drug-likeness (QED) is 0.815. The third kappa shape index (κ3) is 3.03. The number of nitrogens with zero attached hydrogens (tertiary/aromatic N) is 1. The highest BCUT2D eigenvalue weighted by molar-refractivity contribution is 5.82. The Morgan fingerprint density at radius 3 is 2.56 bits per heavy atom. The molecular weight excluding hydrogens is 243 g/mol. The summed E-state index contributed by atoms with van der Waals surface area (Å²) in [4.78, 5) is 12.3. The molecule has 0 radical (unpaired) electrons. The van der Waals surface area contributed by atoms with Gasteiger partial charge >= 0.3 is 12.1 Å². The molecular formula is C13H14F3NO. The second-order valence-corrected chi connectivity index (χ2v) is 4.65. The van der Waals surface area contributed by atoms with Gasteiger partial charge in [-0.15, -0.1) is 0 Å². The maximum atomic E-state index is 12.5. The van der Waals surface area contributed by atoms with Gasteiger partial charge in [0.05, 0.1) is 0 Å². The van der Waals surface area contributed by atoms with Crippen molar-refractivity contribution in [3.05, 3.63) is 35.4 Å². The molecule has 0 unspecified atom stereocenters. The number of halogens is 3. The van der Waals surface area contributed by atoms with E-state index in [9.17, 15) is 18.0 Å². The SMILES string of the molecule is Cc1cccc(CN(C(=O)C(F)(F)F)C2CC2)c1. The van der Waals surface area contributed by atoms with Crippen molar-refractivity contribution in [1.82, 2.24) is 4.90 Å². The summed E-state index contributed by atoms with van der Waals surface area (Å²) >= 11 is 0. The van der Waals surface area contributed by atoms with Crippen molar-refractivity contribution in [2.75, 3.05) is 0 Å². The molecule has 0 N–H and O–H groups in total. The average molecular weight is 257 g/mol. The Labute approximate surface area is 103 Å². The maximum Gasteiger partial charge on any atom is 0.471 e. The van der Waals surface area contributed by atoms with Crippen LogP contribution in [0.5, 0.6) is 0 Å². The first-order chi connectivity index (χ1) is 8.38. The third-order valence-electron chi connectivity index (χ3n) is 2.93. The topological polar surface area (TPSA) is 20.3 Å². The van der Waals surface area contributed by atoms with Crippen LogP contribution in [0.2, 0.25) is 0 Å². The van der Waals surface area contributed by atoms with Gasteiger partial charge in [0.15, 0.2) is 0 Å². The zero-order chi connectivity index (χ0) is 13.3. The lowest BCUT2D eigenvalue weighted by molar-refractivity contribution is -0.186. The molecule has 2 rings (SSSR count). The summed E-state index contributed by atoms with van der Waals surface area (Å²) in [5.74, 6) is -1.73. The molecule has 0 aromatic heterocycles. The van der Waals surface area contributed by atoms with Gasteiger partial charge in [-0.3, -0.25) is 4.79 Å². The molecule has 0 atom stereocenters. The van der Waals surface area contributed by atoms with Crippen LogP contribution in [0.15, 0.2) is 24.3 Å². The minimum Gasteiger partial charge on any atom is -0.328 e. The number of aryl methyl sites for hydroxylation is 1. The lowest BCUT2D eigenvalue weighted by Gasteiger charge is -2.23. The average Bonchev–Trinajstić information content (AvgIpc) is 3.07. The molecule has 1 aliphatic rings. The van der Waals surface area contributed by atoms with E-state index < -0.39 is 12.1 Å². The Morgan fingerprint density at radius 2 is 2.06 bits per heavy atom. The van der Waals surface area contributed by atoms with Crippen molar-refractivity contribution in [3.8, 4) is 0 Å². The lowest BCUT2D eigenvalue weighted by Crippen LogP contribution is -2.42. The first-order valence-corrected chi connectivity index (χ1v) is 5.81. The molecule has 0 heterocycles. The summed E-state index contributed by atoms with van der Waals surface area (Å²) in [6.45, 7) is 1.90. The van der Waals surface area contributed by atoms with Crippen LogP contribution in [0.25, 0.3) is 0 Å². The molecule has 5 heteroatoms. The number of hydrogen-bond acceptors (Lipinski definition) is 1. The highest BCUT2D eigenvalue weighted by Gasteiger charge is 2.46. The number of hydrogen-bond donors (Lipinski definition) is 0. The van der Waals surface area contributed by atoms with Crippen molar-refractivity contribution >= 4 is 5.91 Å². The van der Waals surface area contributed by atoms with Crippen LogP contribution in [0.3, 0.4) is 0 Å². The summed E-state index contributed by atoms with van der Waals surface area (Å²) in [5, 5.41) is 0. The van der Waals surface area contributed by atoms with Gasteiger partial charge in [0.1, 0.15) is 0 Å². The number of carbonyl (C=O) groups is 1. The van der Waals surface area contributed by atoms with Crippen LogP contribution < -0.4 is 0 Å². The molecule has 0 bridgehead atoms. The van der Waals surface area contributed by atoms with Gasteiger partial charge in [0, 0.05) is 12.6 Å². The Morgan fingerprint density at radius 1 is 1.39 bits per heavy atom. The van der Waals surface area contributed by atoms with E-state index in [0.29, 0.717) is 12.8 Å². The molecule has 1 saturated carbocycles. The summed E-state index contributed by atoms with van der Waals surface area (Å²) in [7, 11) is 0. The van der Waals surface area contributed by atoms with Crippen molar-refractivity contribution < 1.29 is 18.0 Å². The molecule has 0 aliphatic heterocycles. The van der Waals surface area contributed by atoms with Gasteiger partial charge in [0.2, 0.25) is 0 Å². The zero-order valence-electron chi connectivity index (χ0n) is 10.00. The van der Waals surface area contributed by atoms with Crippen LogP contribution in [0.4, 0.5) is 13.2 Å². The fourth-order valence-corrected chi connectivity index (χ4v) is 1.92. The molecule has 1 fully saturated rings. The van der Waals surface area contributed by atoms with Gasteiger partial charge in [-0.1, -0.05) is 29.8 Å². The van der Waals surface area contributed by atoms with E-state index in [1.807, 2.05) is 13.0 Å². The normalized spacial score (nSPS) is 15.6. The van der Waals surface area contributed by atoms with Crippen molar-refractivity contribution in [2.24, 2.45) is 0 Å². The van der Waals surface area contributed by atoms with E-state index in [2.05, 4.69) is 0 Å². The monoisotopic (exact) mass is 257 g/mol. The summed E-state index contributed by atoms with van der Waals surface area (Å²) in [6, 6.07) is 6.95. The van der Waals surface area contributed by atoms with E-state index in [0.717, 1.165) is 16.0 Å².